The molecule has 0 spiro atoms. The predicted molar refractivity (Wildman–Crippen MR) is 103 cm³/mol. The standard InChI is InChI=1S/C19H26N2O3.C2HF3O2/c22-19(15-3-1-2-4-15)21-11-12-23-18-16(21)5-6-17(18)24-13-14-7-9-20-10-8-14;3-2(4,5)1(6)7/h7-10,15-18H,1-6,11-13H2;(H,6,7)/t16-,17+,18+;/m0./s1. The van der Waals surface area contributed by atoms with E-state index in [1.165, 1.54) is 12.8 Å². The van der Waals surface area contributed by atoms with Crippen LogP contribution in [0.1, 0.15) is 44.1 Å². The van der Waals surface area contributed by atoms with E-state index in [2.05, 4.69) is 9.88 Å². The van der Waals surface area contributed by atoms with Crippen molar-refractivity contribution in [3.05, 3.63) is 30.1 Å². The van der Waals surface area contributed by atoms with Gasteiger partial charge in [0.25, 0.3) is 0 Å². The molecule has 1 saturated heterocycles. The Kier molecular flexibility index (Phi) is 7.88. The molecule has 0 unspecified atom stereocenters. The number of carboxylic acid groups (broad SMARTS) is 1. The molecule has 3 atom stereocenters. The summed E-state index contributed by atoms with van der Waals surface area (Å²) in [5.41, 5.74) is 1.13. The Bertz CT molecular complexity index is 740. The monoisotopic (exact) mass is 444 g/mol. The summed E-state index contributed by atoms with van der Waals surface area (Å²) in [6, 6.07) is 4.16. The summed E-state index contributed by atoms with van der Waals surface area (Å²) >= 11 is 0. The second-order valence-corrected chi connectivity index (χ2v) is 8.00. The summed E-state index contributed by atoms with van der Waals surface area (Å²) in [6.45, 7) is 1.96. The lowest BCUT2D eigenvalue weighted by molar-refractivity contribution is -0.192. The van der Waals surface area contributed by atoms with Crippen LogP contribution in [0.5, 0.6) is 0 Å². The number of fused-ring (bicyclic) bond motifs is 1. The number of hydrogen-bond donors (Lipinski definition) is 1. The number of morpholine rings is 1. The van der Waals surface area contributed by atoms with E-state index in [1.54, 1.807) is 12.4 Å². The van der Waals surface area contributed by atoms with Crippen LogP contribution in [0.4, 0.5) is 13.2 Å². The van der Waals surface area contributed by atoms with Gasteiger partial charge < -0.3 is 19.5 Å². The zero-order chi connectivity index (χ0) is 22.4. The Morgan fingerprint density at radius 3 is 2.42 bits per heavy atom. The highest BCUT2D eigenvalue weighted by atomic mass is 19.4. The predicted octanol–water partition coefficient (Wildman–Crippen LogP) is 3.18. The van der Waals surface area contributed by atoms with Gasteiger partial charge in [-0.2, -0.15) is 13.2 Å². The molecule has 3 aliphatic rings. The molecular formula is C21H27F3N2O5. The Hall–Kier alpha value is -2.20. The van der Waals surface area contributed by atoms with E-state index in [0.29, 0.717) is 19.1 Å². The van der Waals surface area contributed by atoms with E-state index in [-0.39, 0.29) is 24.2 Å². The number of alkyl halides is 3. The average Bonchev–Trinajstić information content (AvgIpc) is 3.42. The summed E-state index contributed by atoms with van der Waals surface area (Å²) in [5.74, 6) is -2.14. The summed E-state index contributed by atoms with van der Waals surface area (Å²) in [6.07, 6.45) is 5.10. The van der Waals surface area contributed by atoms with Gasteiger partial charge in [0.15, 0.2) is 0 Å². The van der Waals surface area contributed by atoms with Crippen LogP contribution in [0.25, 0.3) is 0 Å². The minimum atomic E-state index is -5.08. The lowest BCUT2D eigenvalue weighted by Crippen LogP contribution is -2.55. The Morgan fingerprint density at radius 2 is 1.81 bits per heavy atom. The number of hydrogen-bond acceptors (Lipinski definition) is 5. The maximum atomic E-state index is 12.9. The highest BCUT2D eigenvalue weighted by molar-refractivity contribution is 5.79. The molecule has 1 amide bonds. The topological polar surface area (TPSA) is 89.0 Å². The number of carbonyl (C=O) groups is 2. The molecule has 1 aliphatic heterocycles. The third-order valence-electron chi connectivity index (χ3n) is 5.98. The van der Waals surface area contributed by atoms with Gasteiger partial charge in [0.2, 0.25) is 5.91 Å². The van der Waals surface area contributed by atoms with Crippen LogP contribution in [-0.4, -0.2) is 64.4 Å². The van der Waals surface area contributed by atoms with Gasteiger partial charge in [-0.15, -0.1) is 0 Å². The lowest BCUT2D eigenvalue weighted by atomic mass is 10.0. The molecule has 10 heteroatoms. The van der Waals surface area contributed by atoms with Crippen molar-refractivity contribution in [1.29, 1.82) is 0 Å². The second kappa shape index (κ2) is 10.4. The molecular weight excluding hydrogens is 417 g/mol. The van der Waals surface area contributed by atoms with Gasteiger partial charge in [0, 0.05) is 24.9 Å². The zero-order valence-electron chi connectivity index (χ0n) is 17.1. The molecule has 2 saturated carbocycles. The SMILES string of the molecule is O=C(C1CCCC1)N1CCO[C@H]2[C@H](OCc3ccncc3)CC[C@@H]21.O=C(O)C(F)(F)F. The first-order valence-corrected chi connectivity index (χ1v) is 10.5. The number of aromatic nitrogens is 1. The molecule has 2 aliphatic carbocycles. The van der Waals surface area contributed by atoms with Gasteiger partial charge in [0.05, 0.1) is 25.4 Å². The van der Waals surface area contributed by atoms with Crippen molar-refractivity contribution >= 4 is 11.9 Å². The number of rotatable bonds is 4. The molecule has 3 fully saturated rings. The number of ether oxygens (including phenoxy) is 2. The van der Waals surface area contributed by atoms with E-state index in [1.807, 2.05) is 12.1 Å². The summed E-state index contributed by atoms with van der Waals surface area (Å²) in [4.78, 5) is 27.9. The normalized spacial score (nSPS) is 26.2. The first-order valence-electron chi connectivity index (χ1n) is 10.5. The smallest absolute Gasteiger partial charge is 0.475 e. The fraction of sp³-hybridized carbons (Fsp3) is 0.667. The van der Waals surface area contributed by atoms with Gasteiger partial charge in [-0.25, -0.2) is 4.79 Å². The van der Waals surface area contributed by atoms with E-state index in [9.17, 15) is 18.0 Å². The van der Waals surface area contributed by atoms with Crippen LogP contribution in [0.15, 0.2) is 24.5 Å². The summed E-state index contributed by atoms with van der Waals surface area (Å²) in [7, 11) is 0. The largest absolute Gasteiger partial charge is 0.490 e. The van der Waals surface area contributed by atoms with Crippen molar-refractivity contribution < 1.29 is 37.3 Å². The quantitative estimate of drug-likeness (QED) is 0.768. The van der Waals surface area contributed by atoms with Crippen LogP contribution in [-0.2, 0) is 25.7 Å². The second-order valence-electron chi connectivity index (χ2n) is 8.00. The Morgan fingerprint density at radius 1 is 1.16 bits per heavy atom. The minimum absolute atomic E-state index is 0.0333. The van der Waals surface area contributed by atoms with Gasteiger partial charge in [-0.3, -0.25) is 9.78 Å². The van der Waals surface area contributed by atoms with Crippen molar-refractivity contribution in [2.24, 2.45) is 5.92 Å². The highest BCUT2D eigenvalue weighted by Gasteiger charge is 2.46. The van der Waals surface area contributed by atoms with Crippen LogP contribution in [0.3, 0.4) is 0 Å². The third kappa shape index (κ3) is 6.16. The Labute approximate surface area is 178 Å². The molecule has 0 radical (unpaired) electrons. The molecule has 31 heavy (non-hydrogen) atoms. The molecule has 4 rings (SSSR count). The van der Waals surface area contributed by atoms with E-state index in [4.69, 9.17) is 19.4 Å². The van der Waals surface area contributed by atoms with Crippen molar-refractivity contribution in [2.45, 2.75) is 69.6 Å². The number of carbonyl (C=O) groups excluding carboxylic acids is 1. The third-order valence-corrected chi connectivity index (χ3v) is 5.98. The number of amides is 1. The van der Waals surface area contributed by atoms with Crippen LogP contribution < -0.4 is 0 Å². The van der Waals surface area contributed by atoms with Crippen LogP contribution >= 0.6 is 0 Å². The van der Waals surface area contributed by atoms with Crippen molar-refractivity contribution in [3.8, 4) is 0 Å². The van der Waals surface area contributed by atoms with Crippen molar-refractivity contribution in [3.63, 3.8) is 0 Å². The summed E-state index contributed by atoms with van der Waals surface area (Å²) < 4.78 is 43.9. The van der Waals surface area contributed by atoms with Gasteiger partial charge >= 0.3 is 12.1 Å². The van der Waals surface area contributed by atoms with Gasteiger partial charge in [-0.1, -0.05) is 12.8 Å². The number of aliphatic carboxylic acids is 1. The molecule has 0 aromatic carbocycles. The maximum Gasteiger partial charge on any atom is 0.490 e. The molecule has 0 bridgehead atoms. The highest BCUT2D eigenvalue weighted by Crippen LogP contribution is 2.35. The van der Waals surface area contributed by atoms with Crippen LogP contribution in [0.2, 0.25) is 0 Å². The van der Waals surface area contributed by atoms with Gasteiger partial charge in [0.1, 0.15) is 6.10 Å². The number of pyridine rings is 1. The zero-order valence-corrected chi connectivity index (χ0v) is 17.1. The van der Waals surface area contributed by atoms with Crippen LogP contribution in [0, 0.1) is 5.92 Å². The number of halogens is 3. The molecule has 1 N–H and O–H groups in total. The van der Waals surface area contributed by atoms with Crippen molar-refractivity contribution in [2.75, 3.05) is 13.2 Å². The first-order chi connectivity index (χ1) is 14.8. The maximum absolute atomic E-state index is 12.9. The minimum Gasteiger partial charge on any atom is -0.475 e. The summed E-state index contributed by atoms with van der Waals surface area (Å²) in [5, 5.41) is 7.12. The molecule has 172 valence electrons. The van der Waals surface area contributed by atoms with E-state index < -0.39 is 12.1 Å². The fourth-order valence-corrected chi connectivity index (χ4v) is 4.46. The van der Waals surface area contributed by atoms with Gasteiger partial charge in [-0.05, 0) is 43.4 Å². The van der Waals surface area contributed by atoms with Crippen molar-refractivity contribution in [1.82, 2.24) is 9.88 Å². The average molecular weight is 444 g/mol. The fourth-order valence-electron chi connectivity index (χ4n) is 4.46. The molecule has 1 aromatic rings. The first kappa shape index (κ1) is 23.5. The van der Waals surface area contributed by atoms with E-state index in [0.717, 1.165) is 37.8 Å². The molecule has 1 aromatic heterocycles. The number of carboxylic acids is 1. The van der Waals surface area contributed by atoms with E-state index >= 15 is 0 Å². The number of nitrogens with zero attached hydrogens (tertiary/aromatic N) is 2. The molecule has 7 nitrogen and oxygen atoms in total. The Balaban J connectivity index is 0.000000339. The molecule has 2 heterocycles. The lowest BCUT2D eigenvalue weighted by Gasteiger charge is -2.40.